The first-order chi connectivity index (χ1) is 9.24. The molecule has 0 atom stereocenters. The van der Waals surface area contributed by atoms with E-state index in [-0.39, 0.29) is 0 Å². The second-order valence-corrected chi connectivity index (χ2v) is 5.46. The van der Waals surface area contributed by atoms with Gasteiger partial charge in [-0.05, 0) is 47.6 Å². The molecule has 94 valence electrons. The third kappa shape index (κ3) is 2.39. The molecule has 4 heteroatoms. The summed E-state index contributed by atoms with van der Waals surface area (Å²) in [4.78, 5) is 0. The summed E-state index contributed by atoms with van der Waals surface area (Å²) in [5.41, 5.74) is 3.29. The van der Waals surface area contributed by atoms with Gasteiger partial charge < -0.3 is 0 Å². The normalized spacial score (nSPS) is 11.5. The third-order valence-corrected chi connectivity index (χ3v) is 4.10. The first-order valence-electron chi connectivity index (χ1n) is 6.10. The van der Waals surface area contributed by atoms with E-state index in [1.54, 1.807) is 11.3 Å². The standard InChI is InChI=1S/C15H14N3S/c1-11-7-9-12(10-8-11)16-17-15-18(2)13-5-3-4-6-14(13)19-15/h3-10H,1-2H3/q+1. The summed E-state index contributed by atoms with van der Waals surface area (Å²) < 4.78 is 3.29. The minimum absolute atomic E-state index is 0.878. The molecule has 1 aromatic heterocycles. The SMILES string of the molecule is Cc1ccc(/N=N/c2sc3ccccc3[n+]2C)cc1. The van der Waals surface area contributed by atoms with Gasteiger partial charge in [0.15, 0.2) is 0 Å². The molecule has 19 heavy (non-hydrogen) atoms. The van der Waals surface area contributed by atoms with E-state index < -0.39 is 0 Å². The number of hydrogen-bond acceptors (Lipinski definition) is 3. The molecule has 0 aliphatic carbocycles. The number of benzene rings is 2. The van der Waals surface area contributed by atoms with E-state index in [1.165, 1.54) is 15.8 Å². The molecule has 0 saturated carbocycles. The Morgan fingerprint density at radius 3 is 2.42 bits per heavy atom. The highest BCUT2D eigenvalue weighted by Gasteiger charge is 2.14. The zero-order valence-corrected chi connectivity index (χ0v) is 11.7. The zero-order chi connectivity index (χ0) is 13.2. The van der Waals surface area contributed by atoms with E-state index in [2.05, 4.69) is 33.9 Å². The predicted octanol–water partition coefficient (Wildman–Crippen LogP) is 4.45. The summed E-state index contributed by atoms with van der Waals surface area (Å²) in [6.07, 6.45) is 0. The first kappa shape index (κ1) is 12.0. The Morgan fingerprint density at radius 2 is 1.68 bits per heavy atom. The van der Waals surface area contributed by atoms with Crippen molar-refractivity contribution in [1.29, 1.82) is 0 Å². The van der Waals surface area contributed by atoms with Crippen molar-refractivity contribution >= 4 is 32.4 Å². The fourth-order valence-electron chi connectivity index (χ4n) is 1.89. The van der Waals surface area contributed by atoms with Gasteiger partial charge in [-0.25, -0.2) is 4.57 Å². The molecule has 0 fully saturated rings. The van der Waals surface area contributed by atoms with E-state index in [4.69, 9.17) is 0 Å². The lowest BCUT2D eigenvalue weighted by Crippen LogP contribution is -2.25. The van der Waals surface area contributed by atoms with Gasteiger partial charge in [0.05, 0.1) is 16.9 Å². The molecule has 0 saturated heterocycles. The molecule has 1 heterocycles. The number of azo groups is 1. The van der Waals surface area contributed by atoms with E-state index in [1.807, 2.05) is 43.4 Å². The van der Waals surface area contributed by atoms with Crippen LogP contribution in [0.15, 0.2) is 58.8 Å². The molecule has 3 nitrogen and oxygen atoms in total. The maximum absolute atomic E-state index is 4.35. The fraction of sp³-hybridized carbons (Fsp3) is 0.133. The third-order valence-electron chi connectivity index (χ3n) is 3.00. The summed E-state index contributed by atoms with van der Waals surface area (Å²) in [5.74, 6) is 0. The minimum Gasteiger partial charge on any atom is -0.214 e. The largest absolute Gasteiger partial charge is 0.409 e. The lowest BCUT2D eigenvalue weighted by molar-refractivity contribution is -0.627. The molecule has 0 amide bonds. The molecular weight excluding hydrogens is 254 g/mol. The summed E-state index contributed by atoms with van der Waals surface area (Å²) >= 11 is 1.65. The van der Waals surface area contributed by atoms with Crippen LogP contribution >= 0.6 is 11.3 Å². The van der Waals surface area contributed by atoms with Crippen LogP contribution in [0, 0.1) is 6.92 Å². The smallest absolute Gasteiger partial charge is 0.214 e. The Hall–Kier alpha value is -2.07. The Morgan fingerprint density at radius 1 is 0.947 bits per heavy atom. The molecule has 0 unspecified atom stereocenters. The van der Waals surface area contributed by atoms with Crippen molar-refractivity contribution in [1.82, 2.24) is 0 Å². The van der Waals surface area contributed by atoms with Crippen molar-refractivity contribution in [3.05, 3.63) is 54.1 Å². The number of rotatable bonds is 2. The quantitative estimate of drug-likeness (QED) is 0.485. The average molecular weight is 268 g/mol. The number of para-hydroxylation sites is 1. The van der Waals surface area contributed by atoms with Crippen LogP contribution in [0.4, 0.5) is 10.8 Å². The van der Waals surface area contributed by atoms with E-state index in [9.17, 15) is 0 Å². The highest BCUT2D eigenvalue weighted by atomic mass is 32.1. The topological polar surface area (TPSA) is 28.6 Å². The molecule has 0 aliphatic rings. The minimum atomic E-state index is 0.878. The van der Waals surface area contributed by atoms with Gasteiger partial charge in [0.25, 0.3) is 0 Å². The molecular formula is C15H14N3S+. The van der Waals surface area contributed by atoms with Gasteiger partial charge >= 0.3 is 5.13 Å². The number of aryl methyl sites for hydroxylation is 2. The van der Waals surface area contributed by atoms with Crippen LogP contribution in [-0.4, -0.2) is 0 Å². The Balaban J connectivity index is 1.97. The van der Waals surface area contributed by atoms with Gasteiger partial charge in [-0.1, -0.05) is 29.8 Å². The average Bonchev–Trinajstić information content (AvgIpc) is 2.76. The highest BCUT2D eigenvalue weighted by molar-refractivity contribution is 7.21. The van der Waals surface area contributed by atoms with Crippen LogP contribution in [0.25, 0.3) is 10.2 Å². The second-order valence-electron chi connectivity index (χ2n) is 4.45. The highest BCUT2D eigenvalue weighted by Crippen LogP contribution is 2.26. The first-order valence-corrected chi connectivity index (χ1v) is 6.92. The summed E-state index contributed by atoms with van der Waals surface area (Å²) in [6, 6.07) is 16.3. The van der Waals surface area contributed by atoms with E-state index >= 15 is 0 Å². The van der Waals surface area contributed by atoms with Gasteiger partial charge in [0.1, 0.15) is 11.2 Å². The Labute approximate surface area is 115 Å². The van der Waals surface area contributed by atoms with Crippen molar-refractivity contribution in [3.8, 4) is 0 Å². The number of aromatic nitrogens is 1. The van der Waals surface area contributed by atoms with Crippen molar-refractivity contribution in [2.24, 2.45) is 17.3 Å². The maximum Gasteiger partial charge on any atom is 0.409 e. The van der Waals surface area contributed by atoms with Crippen molar-refractivity contribution < 1.29 is 4.57 Å². The van der Waals surface area contributed by atoms with Crippen LogP contribution in [0.1, 0.15) is 5.56 Å². The second kappa shape index (κ2) is 4.90. The number of thiazole rings is 1. The van der Waals surface area contributed by atoms with Gasteiger partial charge in [-0.2, -0.15) is 0 Å². The molecule has 0 bridgehead atoms. The summed E-state index contributed by atoms with van der Waals surface area (Å²) in [5, 5.41) is 9.54. The predicted molar refractivity (Wildman–Crippen MR) is 78.4 cm³/mol. The lowest BCUT2D eigenvalue weighted by atomic mass is 10.2. The van der Waals surface area contributed by atoms with Gasteiger partial charge in [-0.3, -0.25) is 0 Å². The molecule has 0 aliphatic heterocycles. The fourth-order valence-corrected chi connectivity index (χ4v) is 2.86. The molecule has 3 rings (SSSR count). The molecule has 3 aromatic rings. The van der Waals surface area contributed by atoms with Gasteiger partial charge in [-0.15, -0.1) is 0 Å². The van der Waals surface area contributed by atoms with Gasteiger partial charge in [0.2, 0.25) is 0 Å². The monoisotopic (exact) mass is 268 g/mol. The maximum atomic E-state index is 4.35. The summed E-state index contributed by atoms with van der Waals surface area (Å²) in [7, 11) is 2.02. The summed E-state index contributed by atoms with van der Waals surface area (Å²) in [6.45, 7) is 2.06. The van der Waals surface area contributed by atoms with Crippen LogP contribution in [-0.2, 0) is 7.05 Å². The number of fused-ring (bicyclic) bond motifs is 1. The van der Waals surface area contributed by atoms with Crippen LogP contribution in [0.5, 0.6) is 0 Å². The Bertz CT molecular complexity index is 742. The van der Waals surface area contributed by atoms with E-state index in [0.29, 0.717) is 0 Å². The molecule has 0 radical (unpaired) electrons. The van der Waals surface area contributed by atoms with Crippen molar-refractivity contribution in [2.75, 3.05) is 0 Å². The molecule has 0 N–H and O–H groups in total. The number of hydrogen-bond donors (Lipinski definition) is 0. The number of nitrogens with zero attached hydrogens (tertiary/aromatic N) is 3. The Kier molecular flexibility index (Phi) is 3.09. The molecule has 0 spiro atoms. The molecule has 2 aromatic carbocycles. The van der Waals surface area contributed by atoms with Crippen molar-refractivity contribution in [2.45, 2.75) is 6.92 Å². The van der Waals surface area contributed by atoms with Gasteiger partial charge in [0, 0.05) is 0 Å². The van der Waals surface area contributed by atoms with Crippen LogP contribution in [0.3, 0.4) is 0 Å². The van der Waals surface area contributed by atoms with E-state index in [0.717, 1.165) is 10.8 Å². The van der Waals surface area contributed by atoms with Crippen LogP contribution < -0.4 is 4.57 Å². The zero-order valence-electron chi connectivity index (χ0n) is 10.9. The van der Waals surface area contributed by atoms with Crippen molar-refractivity contribution in [3.63, 3.8) is 0 Å². The lowest BCUT2D eigenvalue weighted by Gasteiger charge is -1.90. The van der Waals surface area contributed by atoms with Crippen LogP contribution in [0.2, 0.25) is 0 Å².